The van der Waals surface area contributed by atoms with Crippen LogP contribution < -0.4 is 9.64 Å². The van der Waals surface area contributed by atoms with E-state index in [4.69, 9.17) is 26.3 Å². The number of amides is 1. The summed E-state index contributed by atoms with van der Waals surface area (Å²) >= 11 is 6.36. The van der Waals surface area contributed by atoms with Crippen molar-refractivity contribution in [3.05, 3.63) is 58.5 Å². The summed E-state index contributed by atoms with van der Waals surface area (Å²) in [7, 11) is 2.12. The third-order valence-electron chi connectivity index (χ3n) is 7.67. The second kappa shape index (κ2) is 10.9. The van der Waals surface area contributed by atoms with Gasteiger partial charge >= 0.3 is 6.01 Å². The van der Waals surface area contributed by atoms with Crippen LogP contribution in [0.4, 0.5) is 10.2 Å². The summed E-state index contributed by atoms with van der Waals surface area (Å²) in [6.07, 6.45) is 3.64. The van der Waals surface area contributed by atoms with Crippen molar-refractivity contribution in [2.75, 3.05) is 44.7 Å². The Balaban J connectivity index is 1.40. The van der Waals surface area contributed by atoms with Crippen LogP contribution in [0, 0.1) is 5.82 Å². The first-order chi connectivity index (χ1) is 17.8. The summed E-state index contributed by atoms with van der Waals surface area (Å²) in [5, 5.41) is 0.546. The Kier molecular flexibility index (Phi) is 7.65. The third-order valence-corrected chi connectivity index (χ3v) is 8.04. The SMILES string of the molecule is C=CC(=O)N1CCN(c2nc(OC[C@@H]3CCCN3C)nc3c2CN(Cc2cc(F)ccc2Cl)C3)[C@@H](C)C1. The van der Waals surface area contributed by atoms with Crippen molar-refractivity contribution in [1.82, 2.24) is 24.7 Å². The lowest BCUT2D eigenvalue weighted by atomic mass is 10.1. The molecule has 2 fully saturated rings. The topological polar surface area (TPSA) is 65.0 Å². The van der Waals surface area contributed by atoms with Crippen molar-refractivity contribution in [3.63, 3.8) is 0 Å². The molecule has 1 aromatic carbocycles. The van der Waals surface area contributed by atoms with Crippen LogP contribution in [0.2, 0.25) is 5.02 Å². The predicted molar refractivity (Wildman–Crippen MR) is 141 cm³/mol. The lowest BCUT2D eigenvalue weighted by Crippen LogP contribution is -2.54. The zero-order valence-electron chi connectivity index (χ0n) is 21.5. The summed E-state index contributed by atoms with van der Waals surface area (Å²) < 4.78 is 20.0. The Labute approximate surface area is 222 Å². The lowest BCUT2D eigenvalue weighted by molar-refractivity contribution is -0.126. The number of likely N-dealkylation sites (tertiary alicyclic amines) is 1. The molecule has 37 heavy (non-hydrogen) atoms. The van der Waals surface area contributed by atoms with Crippen LogP contribution in [0.5, 0.6) is 6.01 Å². The molecule has 1 amide bonds. The summed E-state index contributed by atoms with van der Waals surface area (Å²) in [5.41, 5.74) is 2.71. The van der Waals surface area contributed by atoms with E-state index in [2.05, 4.69) is 35.3 Å². The normalized spacial score (nSPS) is 22.4. The van der Waals surface area contributed by atoms with Crippen LogP contribution in [-0.4, -0.2) is 82.5 Å². The average molecular weight is 529 g/mol. The molecule has 0 N–H and O–H groups in total. The van der Waals surface area contributed by atoms with Gasteiger partial charge in [0.1, 0.15) is 18.2 Å². The molecule has 5 rings (SSSR count). The van der Waals surface area contributed by atoms with E-state index < -0.39 is 0 Å². The minimum atomic E-state index is -0.301. The summed E-state index contributed by atoms with van der Waals surface area (Å²) in [4.78, 5) is 30.5. The Bertz CT molecular complexity index is 1180. The molecule has 0 aliphatic carbocycles. The van der Waals surface area contributed by atoms with Crippen LogP contribution >= 0.6 is 11.6 Å². The van der Waals surface area contributed by atoms with Gasteiger partial charge < -0.3 is 19.4 Å². The van der Waals surface area contributed by atoms with Gasteiger partial charge in [0.2, 0.25) is 5.91 Å². The minimum Gasteiger partial charge on any atom is -0.462 e. The number of benzene rings is 1. The Morgan fingerprint density at radius 2 is 2.11 bits per heavy atom. The van der Waals surface area contributed by atoms with Gasteiger partial charge in [-0.1, -0.05) is 18.2 Å². The molecule has 8 nitrogen and oxygen atoms in total. The van der Waals surface area contributed by atoms with E-state index in [9.17, 15) is 9.18 Å². The minimum absolute atomic E-state index is 0.0535. The van der Waals surface area contributed by atoms with Crippen molar-refractivity contribution in [1.29, 1.82) is 0 Å². The van der Waals surface area contributed by atoms with E-state index in [1.807, 2.05) is 4.90 Å². The maximum absolute atomic E-state index is 13.9. The van der Waals surface area contributed by atoms with Gasteiger partial charge in [0.05, 0.1) is 5.69 Å². The number of rotatable bonds is 7. The Morgan fingerprint density at radius 3 is 2.84 bits per heavy atom. The predicted octanol–water partition coefficient (Wildman–Crippen LogP) is 3.48. The molecule has 0 spiro atoms. The largest absolute Gasteiger partial charge is 0.462 e. The van der Waals surface area contributed by atoms with Crippen molar-refractivity contribution < 1.29 is 13.9 Å². The van der Waals surface area contributed by atoms with Crippen molar-refractivity contribution in [3.8, 4) is 6.01 Å². The fourth-order valence-electron chi connectivity index (χ4n) is 5.56. The van der Waals surface area contributed by atoms with E-state index in [0.29, 0.717) is 63.0 Å². The molecule has 0 unspecified atom stereocenters. The van der Waals surface area contributed by atoms with Gasteiger partial charge in [0.15, 0.2) is 0 Å². The number of ether oxygens (including phenoxy) is 1. The summed E-state index contributed by atoms with van der Waals surface area (Å²) in [5.74, 6) is 0.498. The maximum atomic E-state index is 13.9. The summed E-state index contributed by atoms with van der Waals surface area (Å²) in [6.45, 7) is 10.9. The molecule has 0 radical (unpaired) electrons. The monoisotopic (exact) mass is 528 g/mol. The van der Waals surface area contributed by atoms with E-state index in [-0.39, 0.29) is 17.8 Å². The van der Waals surface area contributed by atoms with Crippen molar-refractivity contribution >= 4 is 23.3 Å². The highest BCUT2D eigenvalue weighted by atomic mass is 35.5. The number of aromatic nitrogens is 2. The molecule has 3 aliphatic rings. The molecule has 10 heteroatoms. The second-order valence-electron chi connectivity index (χ2n) is 10.3. The highest BCUT2D eigenvalue weighted by molar-refractivity contribution is 6.31. The van der Waals surface area contributed by atoms with Gasteiger partial charge in [0, 0.05) is 61.9 Å². The smallest absolute Gasteiger partial charge is 0.318 e. The molecule has 4 heterocycles. The Morgan fingerprint density at radius 1 is 1.27 bits per heavy atom. The zero-order chi connectivity index (χ0) is 26.1. The first-order valence-electron chi connectivity index (χ1n) is 12.9. The molecular weight excluding hydrogens is 495 g/mol. The molecule has 0 saturated carbocycles. The van der Waals surface area contributed by atoms with E-state index in [0.717, 1.165) is 35.6 Å². The van der Waals surface area contributed by atoms with Gasteiger partial charge in [-0.15, -0.1) is 0 Å². The molecule has 2 atom stereocenters. The average Bonchev–Trinajstić information content (AvgIpc) is 3.49. The van der Waals surface area contributed by atoms with Gasteiger partial charge in [-0.25, -0.2) is 4.39 Å². The van der Waals surface area contributed by atoms with Gasteiger partial charge in [-0.3, -0.25) is 9.69 Å². The fourth-order valence-corrected chi connectivity index (χ4v) is 5.74. The standard InChI is InChI=1S/C27H34ClFN6O2/c1-4-25(36)34-10-11-35(18(2)13-34)26-22-15-33(14-19-12-20(29)7-8-23(19)28)16-24(22)30-27(31-26)37-17-21-6-5-9-32(21)3/h4,7-8,12,18,21H,1,5-6,9-11,13-17H2,2-3H3/t18-,21-/m0/s1. The van der Waals surface area contributed by atoms with E-state index in [1.165, 1.54) is 24.6 Å². The van der Waals surface area contributed by atoms with E-state index >= 15 is 0 Å². The van der Waals surface area contributed by atoms with Crippen LogP contribution in [-0.2, 0) is 24.4 Å². The number of likely N-dealkylation sites (N-methyl/N-ethyl adjacent to an activating group) is 1. The van der Waals surface area contributed by atoms with Crippen LogP contribution in [0.15, 0.2) is 30.9 Å². The maximum Gasteiger partial charge on any atom is 0.318 e. The molecule has 2 aromatic rings. The lowest BCUT2D eigenvalue weighted by Gasteiger charge is -2.40. The van der Waals surface area contributed by atoms with Crippen LogP contribution in [0.25, 0.3) is 0 Å². The molecule has 198 valence electrons. The van der Waals surface area contributed by atoms with Gasteiger partial charge in [0.25, 0.3) is 0 Å². The number of piperazine rings is 1. The number of halogens is 2. The van der Waals surface area contributed by atoms with Gasteiger partial charge in [-0.2, -0.15) is 9.97 Å². The van der Waals surface area contributed by atoms with Crippen molar-refractivity contribution in [2.24, 2.45) is 0 Å². The molecule has 0 bridgehead atoms. The van der Waals surface area contributed by atoms with Crippen molar-refractivity contribution in [2.45, 2.75) is 51.5 Å². The number of anilines is 1. The second-order valence-corrected chi connectivity index (χ2v) is 10.7. The van der Waals surface area contributed by atoms with Crippen LogP contribution in [0.1, 0.15) is 36.6 Å². The zero-order valence-corrected chi connectivity index (χ0v) is 22.3. The molecule has 3 aliphatic heterocycles. The molecular formula is C27H34ClFN6O2. The quantitative estimate of drug-likeness (QED) is 0.510. The number of hydrogen-bond acceptors (Lipinski definition) is 7. The number of fused-ring (bicyclic) bond motifs is 1. The highest BCUT2D eigenvalue weighted by Gasteiger charge is 2.33. The first kappa shape index (κ1) is 25.9. The van der Waals surface area contributed by atoms with Gasteiger partial charge in [-0.05, 0) is 63.2 Å². The van der Waals surface area contributed by atoms with E-state index in [1.54, 1.807) is 6.07 Å². The van der Waals surface area contributed by atoms with Crippen LogP contribution in [0.3, 0.4) is 0 Å². The first-order valence-corrected chi connectivity index (χ1v) is 13.3. The molecule has 2 saturated heterocycles. The Hall–Kier alpha value is -2.75. The highest BCUT2D eigenvalue weighted by Crippen LogP contribution is 2.34. The third kappa shape index (κ3) is 5.58. The number of carbonyl (C=O) groups is 1. The number of nitrogens with zero attached hydrogens (tertiary/aromatic N) is 6. The summed E-state index contributed by atoms with van der Waals surface area (Å²) in [6, 6.07) is 5.27. The molecule has 1 aromatic heterocycles. The fraction of sp³-hybridized carbons (Fsp3) is 0.519. The number of carbonyl (C=O) groups excluding carboxylic acids is 1. The number of hydrogen-bond donors (Lipinski definition) is 0.